The van der Waals surface area contributed by atoms with E-state index >= 15 is 0 Å². The van der Waals surface area contributed by atoms with Gasteiger partial charge in [-0.1, -0.05) is 16.8 Å². The van der Waals surface area contributed by atoms with Crippen LogP contribution >= 0.6 is 11.6 Å². The van der Waals surface area contributed by atoms with E-state index in [2.05, 4.69) is 15.1 Å². The van der Waals surface area contributed by atoms with Gasteiger partial charge in [-0.3, -0.25) is 0 Å². The Labute approximate surface area is 62.2 Å². The molecule has 0 unspecified atom stereocenters. The molecular formula is C5H4ClN3O. The SMILES string of the molecule is O/N=C(\Cl)c1cncnc1. The second-order valence-electron chi connectivity index (χ2n) is 1.52. The van der Waals surface area contributed by atoms with E-state index in [1.807, 2.05) is 0 Å². The van der Waals surface area contributed by atoms with Crippen LogP contribution in [0.1, 0.15) is 5.56 Å². The second kappa shape index (κ2) is 3.12. The predicted octanol–water partition coefficient (Wildman–Crippen LogP) is 0.851. The molecule has 1 heterocycles. The quantitative estimate of drug-likeness (QED) is 0.374. The molecule has 0 aliphatic heterocycles. The van der Waals surface area contributed by atoms with Crippen molar-refractivity contribution in [1.29, 1.82) is 0 Å². The third kappa shape index (κ3) is 1.41. The lowest BCUT2D eigenvalue weighted by Gasteiger charge is -1.90. The average Bonchev–Trinajstić information content (AvgIpc) is 2.05. The minimum atomic E-state index is -0.0133. The van der Waals surface area contributed by atoms with E-state index in [9.17, 15) is 0 Å². The molecule has 0 saturated carbocycles. The number of aromatic nitrogens is 2. The van der Waals surface area contributed by atoms with Crippen molar-refractivity contribution in [3.63, 3.8) is 0 Å². The van der Waals surface area contributed by atoms with Crippen LogP contribution in [0.25, 0.3) is 0 Å². The molecule has 1 aromatic heterocycles. The fraction of sp³-hybridized carbons (Fsp3) is 0. The molecule has 0 atom stereocenters. The van der Waals surface area contributed by atoms with Crippen LogP contribution in [-0.2, 0) is 0 Å². The standard InChI is InChI=1S/C5H4ClN3O/c6-5(9-10)4-1-7-3-8-2-4/h1-3,10H/b9-5-. The Morgan fingerprint density at radius 2 is 2.10 bits per heavy atom. The van der Waals surface area contributed by atoms with Gasteiger partial charge in [0.25, 0.3) is 0 Å². The Morgan fingerprint density at radius 3 is 2.60 bits per heavy atom. The van der Waals surface area contributed by atoms with Crippen molar-refractivity contribution in [3.05, 3.63) is 24.3 Å². The van der Waals surface area contributed by atoms with Crippen LogP contribution in [0.2, 0.25) is 0 Å². The molecule has 0 aliphatic carbocycles. The van der Waals surface area contributed by atoms with E-state index in [-0.39, 0.29) is 5.17 Å². The summed E-state index contributed by atoms with van der Waals surface area (Å²) in [4.78, 5) is 7.33. The largest absolute Gasteiger partial charge is 0.410 e. The van der Waals surface area contributed by atoms with E-state index in [4.69, 9.17) is 16.8 Å². The van der Waals surface area contributed by atoms with Gasteiger partial charge in [0.2, 0.25) is 0 Å². The zero-order valence-electron chi connectivity index (χ0n) is 4.90. The van der Waals surface area contributed by atoms with Crippen LogP contribution in [-0.4, -0.2) is 20.3 Å². The average molecular weight is 158 g/mol. The number of nitrogens with zero attached hydrogens (tertiary/aromatic N) is 3. The van der Waals surface area contributed by atoms with Crippen molar-refractivity contribution in [2.45, 2.75) is 0 Å². The summed E-state index contributed by atoms with van der Waals surface area (Å²) in [6, 6.07) is 0. The number of oxime groups is 1. The lowest BCUT2D eigenvalue weighted by atomic mass is 10.4. The van der Waals surface area contributed by atoms with Crippen molar-refractivity contribution < 1.29 is 5.21 Å². The van der Waals surface area contributed by atoms with E-state index in [0.29, 0.717) is 5.56 Å². The van der Waals surface area contributed by atoms with Gasteiger partial charge in [0.1, 0.15) is 6.33 Å². The molecule has 1 N–H and O–H groups in total. The summed E-state index contributed by atoms with van der Waals surface area (Å²) in [5.41, 5.74) is 0.492. The molecule has 0 saturated heterocycles. The molecule has 52 valence electrons. The summed E-state index contributed by atoms with van der Waals surface area (Å²) in [5, 5.41) is 10.9. The van der Waals surface area contributed by atoms with Gasteiger partial charge in [-0.15, -0.1) is 0 Å². The molecule has 10 heavy (non-hydrogen) atoms. The monoisotopic (exact) mass is 157 g/mol. The molecule has 0 bridgehead atoms. The first-order chi connectivity index (χ1) is 4.84. The molecule has 1 rings (SSSR count). The fourth-order valence-corrected chi connectivity index (χ4v) is 0.561. The van der Waals surface area contributed by atoms with E-state index in [1.165, 1.54) is 18.7 Å². The number of rotatable bonds is 1. The number of hydrogen-bond acceptors (Lipinski definition) is 4. The summed E-state index contributed by atoms with van der Waals surface area (Å²) in [5.74, 6) is 0. The summed E-state index contributed by atoms with van der Waals surface area (Å²) < 4.78 is 0. The molecule has 0 amide bonds. The highest BCUT2D eigenvalue weighted by atomic mass is 35.5. The maximum absolute atomic E-state index is 8.19. The van der Waals surface area contributed by atoms with Gasteiger partial charge >= 0.3 is 0 Å². The Bertz CT molecular complexity index is 236. The van der Waals surface area contributed by atoms with Crippen LogP contribution in [0, 0.1) is 0 Å². The number of halogens is 1. The third-order valence-electron chi connectivity index (χ3n) is 0.887. The molecule has 5 heteroatoms. The summed E-state index contributed by atoms with van der Waals surface area (Å²) in [7, 11) is 0. The van der Waals surface area contributed by atoms with Gasteiger partial charge in [-0.05, 0) is 0 Å². The Morgan fingerprint density at radius 1 is 1.50 bits per heavy atom. The zero-order chi connectivity index (χ0) is 7.40. The molecule has 0 aromatic carbocycles. The molecular weight excluding hydrogens is 154 g/mol. The Balaban J connectivity index is 2.96. The zero-order valence-corrected chi connectivity index (χ0v) is 5.65. The van der Waals surface area contributed by atoms with Crippen molar-refractivity contribution in [1.82, 2.24) is 9.97 Å². The normalized spacial score (nSPS) is 11.5. The molecule has 1 aromatic rings. The molecule has 0 radical (unpaired) electrons. The second-order valence-corrected chi connectivity index (χ2v) is 1.88. The molecule has 0 spiro atoms. The van der Waals surface area contributed by atoms with Crippen molar-refractivity contribution in [3.8, 4) is 0 Å². The first-order valence-corrected chi connectivity index (χ1v) is 2.85. The van der Waals surface area contributed by atoms with E-state index < -0.39 is 0 Å². The lowest BCUT2D eigenvalue weighted by molar-refractivity contribution is 0.321. The predicted molar refractivity (Wildman–Crippen MR) is 36.2 cm³/mol. The minimum Gasteiger partial charge on any atom is -0.410 e. The Kier molecular flexibility index (Phi) is 2.17. The third-order valence-corrected chi connectivity index (χ3v) is 1.18. The number of hydrogen-bond donors (Lipinski definition) is 1. The topological polar surface area (TPSA) is 58.4 Å². The molecule has 4 nitrogen and oxygen atoms in total. The lowest BCUT2D eigenvalue weighted by Crippen LogP contribution is -1.92. The highest BCUT2D eigenvalue weighted by Crippen LogP contribution is 1.99. The van der Waals surface area contributed by atoms with Gasteiger partial charge < -0.3 is 5.21 Å². The highest BCUT2D eigenvalue weighted by molar-refractivity contribution is 6.69. The smallest absolute Gasteiger partial charge is 0.178 e. The van der Waals surface area contributed by atoms with Gasteiger partial charge in [0.15, 0.2) is 5.17 Å². The maximum Gasteiger partial charge on any atom is 0.178 e. The minimum absolute atomic E-state index is 0.0133. The van der Waals surface area contributed by atoms with Gasteiger partial charge in [-0.2, -0.15) is 0 Å². The van der Waals surface area contributed by atoms with Crippen molar-refractivity contribution in [2.24, 2.45) is 5.16 Å². The first kappa shape index (κ1) is 6.95. The van der Waals surface area contributed by atoms with Gasteiger partial charge in [0.05, 0.1) is 5.56 Å². The van der Waals surface area contributed by atoms with Crippen LogP contribution in [0.4, 0.5) is 0 Å². The van der Waals surface area contributed by atoms with Crippen molar-refractivity contribution >= 4 is 16.8 Å². The van der Waals surface area contributed by atoms with E-state index in [1.54, 1.807) is 0 Å². The summed E-state index contributed by atoms with van der Waals surface area (Å²) >= 11 is 5.41. The maximum atomic E-state index is 8.19. The Hall–Kier alpha value is -1.16. The summed E-state index contributed by atoms with van der Waals surface area (Å²) in [6.45, 7) is 0. The molecule has 0 aliphatic rings. The van der Waals surface area contributed by atoms with Crippen LogP contribution in [0.3, 0.4) is 0 Å². The highest BCUT2D eigenvalue weighted by Gasteiger charge is 1.97. The van der Waals surface area contributed by atoms with Crippen molar-refractivity contribution in [2.75, 3.05) is 0 Å². The van der Waals surface area contributed by atoms with Crippen LogP contribution < -0.4 is 0 Å². The van der Waals surface area contributed by atoms with Gasteiger partial charge in [-0.25, -0.2) is 9.97 Å². The van der Waals surface area contributed by atoms with Gasteiger partial charge in [0, 0.05) is 12.4 Å². The van der Waals surface area contributed by atoms with Crippen LogP contribution in [0.5, 0.6) is 0 Å². The van der Waals surface area contributed by atoms with E-state index in [0.717, 1.165) is 0 Å². The van der Waals surface area contributed by atoms with Crippen LogP contribution in [0.15, 0.2) is 23.9 Å². The molecule has 0 fully saturated rings. The summed E-state index contributed by atoms with van der Waals surface area (Å²) in [6.07, 6.45) is 4.27. The fourth-order valence-electron chi connectivity index (χ4n) is 0.463. The first-order valence-electron chi connectivity index (χ1n) is 2.47.